The summed E-state index contributed by atoms with van der Waals surface area (Å²) in [5.74, 6) is -1.30. The Hall–Kier alpha value is -2.83. The van der Waals surface area contributed by atoms with Gasteiger partial charge in [0, 0.05) is 6.54 Å². The van der Waals surface area contributed by atoms with Crippen molar-refractivity contribution < 1.29 is 28.6 Å². The van der Waals surface area contributed by atoms with E-state index in [-0.39, 0.29) is 6.61 Å². The van der Waals surface area contributed by atoms with Crippen molar-refractivity contribution in [3.63, 3.8) is 0 Å². The number of carbonyl (C=O) groups excluding carboxylic acids is 3. The minimum Gasteiger partial charge on any atom is -0.444 e. The first-order chi connectivity index (χ1) is 13.9. The van der Waals surface area contributed by atoms with Crippen LogP contribution in [0.1, 0.15) is 67.2 Å². The highest BCUT2D eigenvalue weighted by Gasteiger charge is 2.49. The van der Waals surface area contributed by atoms with E-state index in [2.05, 4.69) is 15.4 Å². The average Bonchev–Trinajstić information content (AvgIpc) is 2.59. The highest BCUT2D eigenvalue weighted by Crippen LogP contribution is 2.31. The van der Waals surface area contributed by atoms with Crippen molar-refractivity contribution in [2.24, 2.45) is 5.92 Å². The quantitative estimate of drug-likeness (QED) is 0.158. The number of carbonyl (C=O) groups is 3. The van der Waals surface area contributed by atoms with E-state index in [1.54, 1.807) is 41.5 Å². The van der Waals surface area contributed by atoms with Crippen molar-refractivity contribution in [1.82, 2.24) is 10.6 Å². The number of hydrogen-bond donors (Lipinski definition) is 3. The summed E-state index contributed by atoms with van der Waals surface area (Å²) < 4.78 is 14.7. The number of rotatable bonds is 10. The van der Waals surface area contributed by atoms with E-state index in [4.69, 9.17) is 14.9 Å². The van der Waals surface area contributed by atoms with Crippen molar-refractivity contribution in [2.75, 3.05) is 13.2 Å². The third-order valence-corrected chi connectivity index (χ3v) is 4.19. The highest BCUT2D eigenvalue weighted by molar-refractivity contribution is 5.92. The van der Waals surface area contributed by atoms with Gasteiger partial charge in [0.1, 0.15) is 5.60 Å². The van der Waals surface area contributed by atoms with Gasteiger partial charge in [0.15, 0.2) is 5.54 Å². The molecule has 1 amide bonds. The highest BCUT2D eigenvalue weighted by atomic mass is 16.7. The van der Waals surface area contributed by atoms with Gasteiger partial charge in [-0.2, -0.15) is 5.26 Å². The Morgan fingerprint density at radius 3 is 2.30 bits per heavy atom. The van der Waals surface area contributed by atoms with E-state index in [9.17, 15) is 19.6 Å². The minimum absolute atomic E-state index is 0.00269. The molecule has 0 aliphatic carbocycles. The molecule has 0 radical (unpaired) electrons. The molecule has 0 saturated heterocycles. The Kier molecular flexibility index (Phi) is 11.5. The molecule has 10 heteroatoms. The van der Waals surface area contributed by atoms with Gasteiger partial charge >= 0.3 is 18.2 Å². The molecule has 0 heterocycles. The summed E-state index contributed by atoms with van der Waals surface area (Å²) in [6.45, 7) is 10.4. The summed E-state index contributed by atoms with van der Waals surface area (Å²) >= 11 is 0. The molecule has 30 heavy (non-hydrogen) atoms. The molecule has 0 aliphatic rings. The Morgan fingerprint density at radius 2 is 1.83 bits per heavy atom. The zero-order valence-electron chi connectivity index (χ0n) is 18.7. The van der Waals surface area contributed by atoms with Crippen LogP contribution in [0.25, 0.3) is 0 Å². The third-order valence-electron chi connectivity index (χ3n) is 4.19. The molecule has 0 aliphatic heterocycles. The van der Waals surface area contributed by atoms with E-state index in [0.717, 1.165) is 0 Å². The number of alkyl carbamates (subject to hydrolysis) is 1. The molecule has 0 aromatic heterocycles. The first-order valence-electron chi connectivity index (χ1n) is 9.98. The standard InChI is InChI=1S/C20H34N4O6/c1-7-15(10-9-13-23-14(3)22)20(11-12-21,16(25)29-18(27)28-8-2)24-17(26)30-19(4,5)6/h15H,7-11,13H2,1-6H3,(H2,22,23)(H,24,26). The monoisotopic (exact) mass is 426 g/mol. The van der Waals surface area contributed by atoms with Gasteiger partial charge in [-0.05, 0) is 53.4 Å². The van der Waals surface area contributed by atoms with Crippen LogP contribution in [-0.2, 0) is 19.0 Å². The topological polar surface area (TPSA) is 151 Å². The lowest BCUT2D eigenvalue weighted by Gasteiger charge is -2.37. The smallest absolute Gasteiger partial charge is 0.444 e. The number of amidine groups is 1. The van der Waals surface area contributed by atoms with Crippen molar-refractivity contribution >= 4 is 24.1 Å². The summed E-state index contributed by atoms with van der Waals surface area (Å²) in [5.41, 5.74) is -2.63. The number of ether oxygens (including phenoxy) is 3. The Morgan fingerprint density at radius 1 is 1.20 bits per heavy atom. The summed E-state index contributed by atoms with van der Waals surface area (Å²) in [4.78, 5) is 37.2. The maximum Gasteiger partial charge on any atom is 0.516 e. The molecule has 0 fully saturated rings. The van der Waals surface area contributed by atoms with Gasteiger partial charge in [0.05, 0.1) is 24.9 Å². The number of amides is 1. The van der Waals surface area contributed by atoms with Gasteiger partial charge in [-0.1, -0.05) is 13.3 Å². The van der Waals surface area contributed by atoms with E-state index in [0.29, 0.717) is 31.6 Å². The van der Waals surface area contributed by atoms with Crippen LogP contribution in [0.4, 0.5) is 9.59 Å². The fourth-order valence-electron chi connectivity index (χ4n) is 2.93. The molecule has 10 nitrogen and oxygen atoms in total. The summed E-state index contributed by atoms with van der Waals surface area (Å²) in [5, 5.41) is 22.2. The van der Waals surface area contributed by atoms with Crippen molar-refractivity contribution in [3.8, 4) is 6.07 Å². The molecule has 2 unspecified atom stereocenters. The Labute approximate surface area is 178 Å². The van der Waals surface area contributed by atoms with Gasteiger partial charge < -0.3 is 24.8 Å². The molecular formula is C20H34N4O6. The zero-order chi connectivity index (χ0) is 23.4. The number of nitrogens with one attached hydrogen (secondary N) is 3. The molecule has 0 spiro atoms. The Balaban J connectivity index is 5.85. The lowest BCUT2D eigenvalue weighted by Crippen LogP contribution is -2.61. The third kappa shape index (κ3) is 9.58. The second-order valence-corrected chi connectivity index (χ2v) is 7.80. The zero-order valence-corrected chi connectivity index (χ0v) is 18.7. The maximum absolute atomic E-state index is 13.0. The van der Waals surface area contributed by atoms with E-state index < -0.39 is 41.7 Å². The predicted octanol–water partition coefficient (Wildman–Crippen LogP) is 3.26. The van der Waals surface area contributed by atoms with Gasteiger partial charge in [-0.15, -0.1) is 0 Å². The summed E-state index contributed by atoms with van der Waals surface area (Å²) in [6.07, 6.45) is -1.12. The number of nitriles is 1. The predicted molar refractivity (Wildman–Crippen MR) is 110 cm³/mol. The van der Waals surface area contributed by atoms with Crippen LogP contribution in [0.15, 0.2) is 0 Å². The first kappa shape index (κ1) is 27.2. The molecule has 0 saturated carbocycles. The van der Waals surface area contributed by atoms with Crippen LogP contribution in [0.5, 0.6) is 0 Å². The van der Waals surface area contributed by atoms with E-state index >= 15 is 0 Å². The fraction of sp³-hybridized carbons (Fsp3) is 0.750. The van der Waals surface area contributed by atoms with Crippen molar-refractivity contribution in [3.05, 3.63) is 0 Å². The Bertz CT molecular complexity index is 653. The van der Waals surface area contributed by atoms with Crippen LogP contribution in [-0.4, -0.2) is 48.3 Å². The normalized spacial score (nSPS) is 13.8. The van der Waals surface area contributed by atoms with Crippen LogP contribution in [0.3, 0.4) is 0 Å². The van der Waals surface area contributed by atoms with Crippen LogP contribution < -0.4 is 10.6 Å². The van der Waals surface area contributed by atoms with Crippen LogP contribution in [0, 0.1) is 22.7 Å². The number of hydrogen-bond acceptors (Lipinski definition) is 8. The second-order valence-electron chi connectivity index (χ2n) is 7.80. The van der Waals surface area contributed by atoms with Crippen molar-refractivity contribution in [2.45, 2.75) is 78.4 Å². The van der Waals surface area contributed by atoms with Gasteiger partial charge in [0.2, 0.25) is 0 Å². The molecule has 0 aromatic rings. The van der Waals surface area contributed by atoms with Crippen LogP contribution in [0.2, 0.25) is 0 Å². The molecule has 0 bridgehead atoms. The average molecular weight is 427 g/mol. The van der Waals surface area contributed by atoms with Gasteiger partial charge in [0.25, 0.3) is 0 Å². The molecule has 0 rings (SSSR count). The van der Waals surface area contributed by atoms with Gasteiger partial charge in [-0.25, -0.2) is 14.4 Å². The molecule has 3 N–H and O–H groups in total. The van der Waals surface area contributed by atoms with E-state index in [1.165, 1.54) is 0 Å². The molecule has 170 valence electrons. The largest absolute Gasteiger partial charge is 0.516 e. The van der Waals surface area contributed by atoms with Crippen LogP contribution >= 0.6 is 0 Å². The lowest BCUT2D eigenvalue weighted by molar-refractivity contribution is -0.150. The molecular weight excluding hydrogens is 392 g/mol. The molecule has 2 atom stereocenters. The summed E-state index contributed by atoms with van der Waals surface area (Å²) in [7, 11) is 0. The lowest BCUT2D eigenvalue weighted by atomic mass is 9.77. The first-order valence-corrected chi connectivity index (χ1v) is 9.98. The maximum atomic E-state index is 13.0. The summed E-state index contributed by atoms with van der Waals surface area (Å²) in [6, 6.07) is 1.91. The molecule has 0 aromatic carbocycles. The SMILES string of the molecule is CCOC(=O)OC(=O)C(CC#N)(NC(=O)OC(C)(C)C)C(CC)CCCNC(C)=N. The number of esters is 1. The van der Waals surface area contributed by atoms with Crippen molar-refractivity contribution in [1.29, 1.82) is 10.7 Å². The fourth-order valence-corrected chi connectivity index (χ4v) is 2.93. The van der Waals surface area contributed by atoms with E-state index in [1.807, 2.05) is 6.07 Å². The second kappa shape index (κ2) is 12.7. The minimum atomic E-state index is -1.79. The number of nitrogens with zero attached hydrogens (tertiary/aromatic N) is 1. The van der Waals surface area contributed by atoms with Gasteiger partial charge in [-0.3, -0.25) is 5.41 Å².